The number of nitrogens with zero attached hydrogens (tertiary/aromatic N) is 1. The number of nitrogens with one attached hydrogen (secondary N) is 1. The van der Waals surface area contributed by atoms with Gasteiger partial charge < -0.3 is 5.32 Å². The summed E-state index contributed by atoms with van der Waals surface area (Å²) < 4.78 is 0. The molecule has 0 fully saturated rings. The maximum absolute atomic E-state index is 4.46. The van der Waals surface area contributed by atoms with E-state index in [-0.39, 0.29) is 0 Å². The molecule has 1 N–H and O–H groups in total. The highest BCUT2D eigenvalue weighted by Crippen LogP contribution is 2.26. The molecule has 3 rings (SSSR count). The van der Waals surface area contributed by atoms with Crippen molar-refractivity contribution in [1.29, 1.82) is 0 Å². The van der Waals surface area contributed by atoms with Crippen LogP contribution in [0.3, 0.4) is 0 Å². The molecule has 0 amide bonds. The van der Waals surface area contributed by atoms with Crippen LogP contribution in [0.25, 0.3) is 10.4 Å². The van der Waals surface area contributed by atoms with Crippen molar-refractivity contribution in [2.24, 2.45) is 0 Å². The van der Waals surface area contributed by atoms with Crippen LogP contribution in [0.4, 0.5) is 0 Å². The van der Waals surface area contributed by atoms with Gasteiger partial charge >= 0.3 is 0 Å². The van der Waals surface area contributed by atoms with E-state index in [9.17, 15) is 0 Å². The van der Waals surface area contributed by atoms with Gasteiger partial charge in [0.25, 0.3) is 0 Å². The van der Waals surface area contributed by atoms with Crippen LogP contribution < -0.4 is 5.32 Å². The summed E-state index contributed by atoms with van der Waals surface area (Å²) in [7, 11) is 0. The lowest BCUT2D eigenvalue weighted by Crippen LogP contribution is -2.00. The van der Waals surface area contributed by atoms with Crippen molar-refractivity contribution in [3.63, 3.8) is 0 Å². The first-order valence-corrected chi connectivity index (χ1v) is 5.54. The van der Waals surface area contributed by atoms with E-state index in [4.69, 9.17) is 0 Å². The van der Waals surface area contributed by atoms with E-state index in [0.29, 0.717) is 0 Å². The Morgan fingerprint density at radius 1 is 1.36 bits per heavy atom. The topological polar surface area (TPSA) is 24.9 Å². The van der Waals surface area contributed by atoms with E-state index < -0.39 is 0 Å². The summed E-state index contributed by atoms with van der Waals surface area (Å²) in [4.78, 5) is 5.76. The second-order valence-electron chi connectivity index (χ2n) is 3.41. The van der Waals surface area contributed by atoms with Crippen LogP contribution in [-0.4, -0.2) is 4.98 Å². The molecule has 3 heterocycles. The molecule has 2 nitrogen and oxygen atoms in total. The van der Waals surface area contributed by atoms with Crippen LogP contribution in [0.2, 0.25) is 0 Å². The number of pyridine rings is 1. The number of rotatable bonds is 1. The quantitative estimate of drug-likeness (QED) is 0.768. The van der Waals surface area contributed by atoms with Crippen LogP contribution in [0.1, 0.15) is 11.3 Å². The van der Waals surface area contributed by atoms with Gasteiger partial charge in [0.2, 0.25) is 0 Å². The smallest absolute Gasteiger partial charge is 0.0587 e. The third kappa shape index (κ3) is 1.25. The highest BCUT2D eigenvalue weighted by atomic mass is 32.1. The largest absolute Gasteiger partial charge is 0.307 e. The van der Waals surface area contributed by atoms with E-state index in [0.717, 1.165) is 13.1 Å². The molecule has 3 heteroatoms. The van der Waals surface area contributed by atoms with E-state index in [2.05, 4.69) is 33.9 Å². The van der Waals surface area contributed by atoms with Gasteiger partial charge in [0.05, 0.1) is 5.69 Å². The van der Waals surface area contributed by atoms with Gasteiger partial charge in [-0.3, -0.25) is 4.98 Å². The predicted molar refractivity (Wildman–Crippen MR) is 58.1 cm³/mol. The van der Waals surface area contributed by atoms with Gasteiger partial charge in [0.15, 0.2) is 0 Å². The zero-order valence-corrected chi connectivity index (χ0v) is 8.47. The van der Waals surface area contributed by atoms with Crippen LogP contribution in [0, 0.1) is 0 Å². The maximum atomic E-state index is 4.46. The zero-order chi connectivity index (χ0) is 9.38. The molecule has 14 heavy (non-hydrogen) atoms. The first-order valence-electron chi connectivity index (χ1n) is 4.66. The highest BCUT2D eigenvalue weighted by Gasteiger charge is 2.12. The van der Waals surface area contributed by atoms with E-state index in [1.165, 1.54) is 21.7 Å². The van der Waals surface area contributed by atoms with Crippen molar-refractivity contribution in [1.82, 2.24) is 10.3 Å². The van der Waals surface area contributed by atoms with Crippen LogP contribution in [-0.2, 0) is 13.1 Å². The number of thiophene rings is 1. The Morgan fingerprint density at radius 3 is 3.21 bits per heavy atom. The Kier molecular flexibility index (Phi) is 1.85. The molecule has 0 bridgehead atoms. The van der Waals surface area contributed by atoms with Crippen molar-refractivity contribution in [3.8, 4) is 10.4 Å². The minimum Gasteiger partial charge on any atom is -0.307 e. The highest BCUT2D eigenvalue weighted by molar-refractivity contribution is 7.13. The first kappa shape index (κ1) is 8.15. The summed E-state index contributed by atoms with van der Waals surface area (Å²) in [6.45, 7) is 1.88. The van der Waals surface area contributed by atoms with Gasteiger partial charge in [-0.15, -0.1) is 11.3 Å². The molecule has 0 unspecified atom stereocenters. The van der Waals surface area contributed by atoms with Crippen molar-refractivity contribution in [3.05, 3.63) is 41.0 Å². The minimum absolute atomic E-state index is 0.917. The summed E-state index contributed by atoms with van der Waals surface area (Å²) in [6, 6.07) is 6.45. The first-order chi connectivity index (χ1) is 6.93. The van der Waals surface area contributed by atoms with Crippen molar-refractivity contribution in [2.75, 3.05) is 0 Å². The molecule has 70 valence electrons. The Bertz CT molecular complexity index is 448. The minimum atomic E-state index is 0.917. The molecule has 1 aliphatic heterocycles. The second kappa shape index (κ2) is 3.19. The molecule has 0 atom stereocenters. The van der Waals surface area contributed by atoms with E-state index in [1.807, 2.05) is 6.20 Å². The van der Waals surface area contributed by atoms with Crippen molar-refractivity contribution >= 4 is 11.3 Å². The molecular weight excluding hydrogens is 192 g/mol. The van der Waals surface area contributed by atoms with Crippen molar-refractivity contribution in [2.45, 2.75) is 13.1 Å². The molecule has 2 aromatic heterocycles. The molecule has 2 aromatic rings. The Morgan fingerprint density at radius 2 is 2.36 bits per heavy atom. The van der Waals surface area contributed by atoms with Crippen LogP contribution >= 0.6 is 11.3 Å². The number of fused-ring (bicyclic) bond motifs is 1. The summed E-state index contributed by atoms with van der Waals surface area (Å²) in [6.07, 6.45) is 1.97. The fourth-order valence-corrected chi connectivity index (χ4v) is 2.45. The normalized spacial score (nSPS) is 14.3. The lowest BCUT2D eigenvalue weighted by Gasteiger charge is -2.00. The SMILES string of the molecule is c1csc(-c2cnc3c(c2)CNC3)c1. The lowest BCUT2D eigenvalue weighted by molar-refractivity contribution is 0.757. The average Bonchev–Trinajstić information content (AvgIpc) is 2.88. The molecule has 0 aliphatic carbocycles. The van der Waals surface area contributed by atoms with Crippen molar-refractivity contribution < 1.29 is 0 Å². The molecule has 0 saturated heterocycles. The fourth-order valence-electron chi connectivity index (χ4n) is 1.74. The standard InChI is InChI=1S/C11H10N2S/c1-2-11(14-3-1)9-4-8-5-12-7-10(8)13-6-9/h1-4,6,12H,5,7H2. The van der Waals surface area contributed by atoms with Crippen LogP contribution in [0.5, 0.6) is 0 Å². The number of hydrogen-bond acceptors (Lipinski definition) is 3. The monoisotopic (exact) mass is 202 g/mol. The second-order valence-corrected chi connectivity index (χ2v) is 4.36. The van der Waals surface area contributed by atoms with Gasteiger partial charge in [-0.25, -0.2) is 0 Å². The van der Waals surface area contributed by atoms with Gasteiger partial charge in [-0.05, 0) is 23.1 Å². The van der Waals surface area contributed by atoms with Gasteiger partial charge in [0, 0.05) is 29.7 Å². The molecule has 1 aliphatic rings. The number of hydrogen-bond donors (Lipinski definition) is 1. The summed E-state index contributed by atoms with van der Waals surface area (Å²) in [5.41, 5.74) is 3.78. The van der Waals surface area contributed by atoms with Gasteiger partial charge in [-0.1, -0.05) is 6.07 Å². The molecule has 0 aromatic carbocycles. The number of aromatic nitrogens is 1. The third-order valence-corrected chi connectivity index (χ3v) is 3.39. The predicted octanol–water partition coefficient (Wildman–Crippen LogP) is 2.41. The Labute approximate surface area is 86.6 Å². The zero-order valence-electron chi connectivity index (χ0n) is 7.66. The van der Waals surface area contributed by atoms with Gasteiger partial charge in [0.1, 0.15) is 0 Å². The van der Waals surface area contributed by atoms with Crippen LogP contribution in [0.15, 0.2) is 29.8 Å². The molecule has 0 radical (unpaired) electrons. The maximum Gasteiger partial charge on any atom is 0.0587 e. The summed E-state index contributed by atoms with van der Waals surface area (Å²) >= 11 is 1.76. The molecular formula is C11H10N2S. The van der Waals surface area contributed by atoms with Gasteiger partial charge in [-0.2, -0.15) is 0 Å². The Balaban J connectivity index is 2.09. The summed E-state index contributed by atoms with van der Waals surface area (Å²) in [5.74, 6) is 0. The third-order valence-electron chi connectivity index (χ3n) is 2.47. The lowest BCUT2D eigenvalue weighted by atomic mass is 10.1. The van der Waals surface area contributed by atoms with E-state index in [1.54, 1.807) is 11.3 Å². The summed E-state index contributed by atoms with van der Waals surface area (Å²) in [5, 5.41) is 5.40. The Hall–Kier alpha value is -1.19. The van der Waals surface area contributed by atoms with E-state index >= 15 is 0 Å². The molecule has 0 saturated carbocycles. The molecule has 0 spiro atoms. The fraction of sp³-hybridized carbons (Fsp3) is 0.182. The average molecular weight is 202 g/mol.